The van der Waals surface area contributed by atoms with Crippen LogP contribution in [0.5, 0.6) is 0 Å². The summed E-state index contributed by atoms with van der Waals surface area (Å²) in [7, 11) is 0. The lowest BCUT2D eigenvalue weighted by Gasteiger charge is -2.05. The summed E-state index contributed by atoms with van der Waals surface area (Å²) in [6.07, 6.45) is 2.26. The molecule has 0 radical (unpaired) electrons. The van der Waals surface area contributed by atoms with Crippen LogP contribution in [0.25, 0.3) is 0 Å². The molecule has 0 aromatic carbocycles. The molecule has 0 amide bonds. The molecule has 0 aliphatic carbocycles. The highest BCUT2D eigenvalue weighted by Gasteiger charge is 2.08. The van der Waals surface area contributed by atoms with Crippen molar-refractivity contribution in [3.8, 4) is 0 Å². The van der Waals surface area contributed by atoms with E-state index in [-0.39, 0.29) is 6.04 Å². The molecule has 1 nitrogen and oxygen atoms in total. The van der Waals surface area contributed by atoms with Gasteiger partial charge in [0.2, 0.25) is 0 Å². The molecule has 2 heteroatoms. The van der Waals surface area contributed by atoms with Gasteiger partial charge in [0.25, 0.3) is 0 Å². The van der Waals surface area contributed by atoms with Crippen LogP contribution in [0.4, 0.5) is 0 Å². The fourth-order valence-corrected chi connectivity index (χ4v) is 2.32. The summed E-state index contributed by atoms with van der Waals surface area (Å²) in [5, 5.41) is 0. The molecule has 0 fully saturated rings. The van der Waals surface area contributed by atoms with Crippen molar-refractivity contribution in [1.82, 2.24) is 0 Å². The van der Waals surface area contributed by atoms with Crippen molar-refractivity contribution >= 4 is 11.3 Å². The van der Waals surface area contributed by atoms with E-state index >= 15 is 0 Å². The molecule has 1 atom stereocenters. The maximum absolute atomic E-state index is 6.00. The van der Waals surface area contributed by atoms with Crippen LogP contribution in [-0.2, 0) is 0 Å². The quantitative estimate of drug-likeness (QED) is 0.765. The van der Waals surface area contributed by atoms with Gasteiger partial charge < -0.3 is 5.73 Å². The lowest BCUT2D eigenvalue weighted by Crippen LogP contribution is -2.07. The Kier molecular flexibility index (Phi) is 3.29. The Balaban J connectivity index is 2.74. The SMILES string of the molecule is CCC[C@H](N)c1cc(C)c(C)s1. The zero-order valence-electron chi connectivity index (χ0n) is 8.05. The molecule has 1 heterocycles. The first-order chi connectivity index (χ1) is 5.65. The second kappa shape index (κ2) is 4.06. The van der Waals surface area contributed by atoms with Crippen LogP contribution < -0.4 is 5.73 Å². The number of hydrogen-bond donors (Lipinski definition) is 1. The van der Waals surface area contributed by atoms with E-state index in [2.05, 4.69) is 26.8 Å². The summed E-state index contributed by atoms with van der Waals surface area (Å²) in [5.74, 6) is 0. The summed E-state index contributed by atoms with van der Waals surface area (Å²) >= 11 is 1.84. The standard InChI is InChI=1S/C10H17NS/c1-4-5-9(11)10-6-7(2)8(3)12-10/h6,9H,4-5,11H2,1-3H3/t9-/m0/s1. The molecular weight excluding hydrogens is 166 g/mol. The van der Waals surface area contributed by atoms with Crippen molar-refractivity contribution in [2.24, 2.45) is 5.73 Å². The van der Waals surface area contributed by atoms with E-state index in [1.807, 2.05) is 11.3 Å². The second-order valence-electron chi connectivity index (χ2n) is 3.28. The summed E-state index contributed by atoms with van der Waals surface area (Å²) in [6.45, 7) is 6.48. The van der Waals surface area contributed by atoms with E-state index in [1.54, 1.807) is 0 Å². The molecule has 68 valence electrons. The molecule has 0 saturated heterocycles. The van der Waals surface area contributed by atoms with Crippen molar-refractivity contribution in [3.63, 3.8) is 0 Å². The first-order valence-electron chi connectivity index (χ1n) is 4.47. The van der Waals surface area contributed by atoms with Crippen molar-refractivity contribution in [2.75, 3.05) is 0 Å². The van der Waals surface area contributed by atoms with E-state index in [0.717, 1.165) is 12.8 Å². The molecule has 2 N–H and O–H groups in total. The third-order valence-corrected chi connectivity index (χ3v) is 3.43. The van der Waals surface area contributed by atoms with E-state index in [9.17, 15) is 0 Å². The molecule has 0 aliphatic rings. The van der Waals surface area contributed by atoms with Gasteiger partial charge in [-0.1, -0.05) is 13.3 Å². The molecule has 0 saturated carbocycles. The molecule has 0 bridgehead atoms. The maximum Gasteiger partial charge on any atom is 0.0389 e. The molecule has 1 rings (SSSR count). The van der Waals surface area contributed by atoms with Crippen LogP contribution in [-0.4, -0.2) is 0 Å². The van der Waals surface area contributed by atoms with Crippen molar-refractivity contribution < 1.29 is 0 Å². The van der Waals surface area contributed by atoms with Crippen LogP contribution in [0.15, 0.2) is 6.07 Å². The van der Waals surface area contributed by atoms with Gasteiger partial charge in [0.15, 0.2) is 0 Å². The summed E-state index contributed by atoms with van der Waals surface area (Å²) in [6, 6.07) is 2.48. The molecule has 1 aromatic heterocycles. The number of rotatable bonds is 3. The summed E-state index contributed by atoms with van der Waals surface area (Å²) < 4.78 is 0. The number of nitrogens with two attached hydrogens (primary N) is 1. The Morgan fingerprint density at radius 3 is 2.58 bits per heavy atom. The van der Waals surface area contributed by atoms with Gasteiger partial charge in [-0.05, 0) is 31.9 Å². The Hall–Kier alpha value is -0.340. The van der Waals surface area contributed by atoms with Crippen LogP contribution in [0.1, 0.15) is 41.1 Å². The Bertz CT molecular complexity index is 233. The molecule has 0 aliphatic heterocycles. The van der Waals surface area contributed by atoms with Crippen LogP contribution >= 0.6 is 11.3 Å². The second-order valence-corrected chi connectivity index (χ2v) is 4.57. The fourth-order valence-electron chi connectivity index (χ4n) is 1.24. The third-order valence-electron chi connectivity index (χ3n) is 2.15. The van der Waals surface area contributed by atoms with Gasteiger partial charge in [-0.3, -0.25) is 0 Å². The van der Waals surface area contributed by atoms with Gasteiger partial charge in [-0.2, -0.15) is 0 Å². The van der Waals surface area contributed by atoms with Gasteiger partial charge in [0, 0.05) is 15.8 Å². The number of aryl methyl sites for hydroxylation is 2. The smallest absolute Gasteiger partial charge is 0.0389 e. The average Bonchev–Trinajstić information content (AvgIpc) is 2.33. The number of thiophene rings is 1. The minimum Gasteiger partial charge on any atom is -0.323 e. The third kappa shape index (κ3) is 2.08. The van der Waals surface area contributed by atoms with Gasteiger partial charge in [-0.15, -0.1) is 11.3 Å². The average molecular weight is 183 g/mol. The van der Waals surface area contributed by atoms with Crippen molar-refractivity contribution in [3.05, 3.63) is 21.4 Å². The first-order valence-corrected chi connectivity index (χ1v) is 5.29. The molecule has 1 aromatic rings. The highest BCUT2D eigenvalue weighted by atomic mass is 32.1. The molecular formula is C10H17NS. The fraction of sp³-hybridized carbons (Fsp3) is 0.600. The minimum absolute atomic E-state index is 0.257. The molecule has 12 heavy (non-hydrogen) atoms. The Morgan fingerprint density at radius 1 is 1.50 bits per heavy atom. The van der Waals surface area contributed by atoms with Crippen LogP contribution in [0, 0.1) is 13.8 Å². The largest absolute Gasteiger partial charge is 0.323 e. The number of hydrogen-bond acceptors (Lipinski definition) is 2. The van der Waals surface area contributed by atoms with Gasteiger partial charge >= 0.3 is 0 Å². The van der Waals surface area contributed by atoms with Crippen molar-refractivity contribution in [2.45, 2.75) is 39.7 Å². The summed E-state index contributed by atoms with van der Waals surface area (Å²) in [5.41, 5.74) is 7.37. The highest BCUT2D eigenvalue weighted by molar-refractivity contribution is 7.12. The molecule has 0 spiro atoms. The zero-order valence-corrected chi connectivity index (χ0v) is 8.87. The van der Waals surface area contributed by atoms with E-state index < -0.39 is 0 Å². The first kappa shape index (κ1) is 9.75. The van der Waals surface area contributed by atoms with Gasteiger partial charge in [0.05, 0.1) is 0 Å². The van der Waals surface area contributed by atoms with E-state index in [1.165, 1.54) is 15.3 Å². The minimum atomic E-state index is 0.257. The monoisotopic (exact) mass is 183 g/mol. The van der Waals surface area contributed by atoms with Crippen molar-refractivity contribution in [1.29, 1.82) is 0 Å². The highest BCUT2D eigenvalue weighted by Crippen LogP contribution is 2.27. The maximum atomic E-state index is 6.00. The lowest BCUT2D eigenvalue weighted by molar-refractivity contribution is 0.648. The van der Waals surface area contributed by atoms with Gasteiger partial charge in [0.1, 0.15) is 0 Å². The molecule has 0 unspecified atom stereocenters. The van der Waals surface area contributed by atoms with Crippen LogP contribution in [0.3, 0.4) is 0 Å². The van der Waals surface area contributed by atoms with Gasteiger partial charge in [-0.25, -0.2) is 0 Å². The zero-order chi connectivity index (χ0) is 9.14. The van der Waals surface area contributed by atoms with Crippen LogP contribution in [0.2, 0.25) is 0 Å². The predicted molar refractivity (Wildman–Crippen MR) is 55.6 cm³/mol. The summed E-state index contributed by atoms with van der Waals surface area (Å²) in [4.78, 5) is 2.74. The predicted octanol–water partition coefficient (Wildman–Crippen LogP) is 3.16. The Labute approximate surface area is 78.6 Å². The topological polar surface area (TPSA) is 26.0 Å². The van der Waals surface area contributed by atoms with E-state index in [0.29, 0.717) is 0 Å². The van der Waals surface area contributed by atoms with E-state index in [4.69, 9.17) is 5.73 Å². The Morgan fingerprint density at radius 2 is 2.17 bits per heavy atom. The normalized spacial score (nSPS) is 13.3. The lowest BCUT2D eigenvalue weighted by atomic mass is 10.1.